The summed E-state index contributed by atoms with van der Waals surface area (Å²) < 4.78 is 7.88. The molecule has 0 fully saturated rings. The van der Waals surface area contributed by atoms with Crippen LogP contribution in [0.5, 0.6) is 0 Å². The topological polar surface area (TPSA) is 107 Å². The molecule has 9 nitrogen and oxygen atoms in total. The fourth-order valence-corrected chi connectivity index (χ4v) is 4.16. The van der Waals surface area contributed by atoms with Gasteiger partial charge in [-0.25, -0.2) is 4.98 Å². The maximum absolute atomic E-state index is 12.4. The number of non-ortho nitro benzene ring substituents is 1. The number of nitro benzene ring substituents is 1. The van der Waals surface area contributed by atoms with Crippen molar-refractivity contribution in [2.24, 2.45) is 7.05 Å². The Balaban J connectivity index is 1.58. The predicted molar refractivity (Wildman–Crippen MR) is 131 cm³/mol. The number of imidazole rings is 1. The molecule has 3 aromatic heterocycles. The molecule has 0 N–H and O–H groups in total. The van der Waals surface area contributed by atoms with E-state index in [9.17, 15) is 14.9 Å². The third-order valence-corrected chi connectivity index (χ3v) is 5.94. The van der Waals surface area contributed by atoms with E-state index in [-0.39, 0.29) is 5.69 Å². The SMILES string of the molecule is Cn1c(-c2ccc([N+](=O)[O-])cc2)cnc1[C@H](Cc1ccccn1)N(C=O)c1cc2ccccc2o1. The van der Waals surface area contributed by atoms with Crippen LogP contribution in [-0.2, 0) is 18.3 Å². The smallest absolute Gasteiger partial charge is 0.269 e. The van der Waals surface area contributed by atoms with Crippen LogP contribution in [0.2, 0.25) is 0 Å². The summed E-state index contributed by atoms with van der Waals surface area (Å²) in [6, 6.07) is 20.8. The number of benzene rings is 2. The minimum Gasteiger partial charge on any atom is -0.440 e. The molecule has 1 atom stereocenters. The van der Waals surface area contributed by atoms with Crippen LogP contribution in [0.15, 0.2) is 89.6 Å². The Hall–Kier alpha value is -4.79. The van der Waals surface area contributed by atoms with Crippen molar-refractivity contribution >= 4 is 29.0 Å². The van der Waals surface area contributed by atoms with E-state index in [1.165, 1.54) is 17.0 Å². The molecule has 0 unspecified atom stereocenters. The number of rotatable bonds is 8. The lowest BCUT2D eigenvalue weighted by atomic mass is 10.1. The average molecular weight is 467 g/mol. The molecule has 3 heterocycles. The van der Waals surface area contributed by atoms with Crippen molar-refractivity contribution in [2.75, 3.05) is 4.90 Å². The third kappa shape index (κ3) is 4.26. The molecule has 0 aliphatic carbocycles. The molecule has 5 rings (SSSR count). The Morgan fingerprint density at radius 3 is 2.54 bits per heavy atom. The molecule has 0 aliphatic heterocycles. The Bertz CT molecular complexity index is 1460. The summed E-state index contributed by atoms with van der Waals surface area (Å²) in [5, 5.41) is 11.9. The number of nitrogens with zero attached hydrogens (tertiary/aromatic N) is 5. The highest BCUT2D eigenvalue weighted by atomic mass is 16.6. The first-order valence-corrected chi connectivity index (χ1v) is 10.9. The molecule has 9 heteroatoms. The van der Waals surface area contributed by atoms with E-state index in [1.807, 2.05) is 60.1 Å². The van der Waals surface area contributed by atoms with Gasteiger partial charge in [0.25, 0.3) is 5.69 Å². The van der Waals surface area contributed by atoms with E-state index in [0.29, 0.717) is 23.7 Å². The van der Waals surface area contributed by atoms with E-state index in [4.69, 9.17) is 4.42 Å². The van der Waals surface area contributed by atoms with Gasteiger partial charge in [-0.2, -0.15) is 0 Å². The maximum atomic E-state index is 12.4. The number of furan rings is 1. The van der Waals surface area contributed by atoms with E-state index in [1.54, 1.807) is 24.5 Å². The second-order valence-electron chi connectivity index (χ2n) is 8.04. The van der Waals surface area contributed by atoms with Crippen LogP contribution in [0.1, 0.15) is 17.6 Å². The number of carbonyl (C=O) groups excluding carboxylic acids is 1. The number of anilines is 1. The van der Waals surface area contributed by atoms with Gasteiger partial charge in [0, 0.05) is 54.5 Å². The molecule has 35 heavy (non-hydrogen) atoms. The average Bonchev–Trinajstić information content (AvgIpc) is 3.48. The molecule has 0 saturated heterocycles. The molecule has 2 aromatic carbocycles. The zero-order valence-electron chi connectivity index (χ0n) is 18.8. The standard InChI is InChI=1S/C26H21N5O4/c1-29-23(18-9-11-21(12-10-18)31(33)34)16-28-26(29)22(15-20-7-4-5-13-27-20)30(17-32)25-14-19-6-2-3-8-24(19)35-25/h2-14,16-17,22H,15H2,1H3/t22-/m0/s1. The van der Waals surface area contributed by atoms with Crippen LogP contribution in [0, 0.1) is 10.1 Å². The summed E-state index contributed by atoms with van der Waals surface area (Å²) in [6.45, 7) is 0. The van der Waals surface area contributed by atoms with Crippen LogP contribution >= 0.6 is 0 Å². The summed E-state index contributed by atoms with van der Waals surface area (Å²) >= 11 is 0. The van der Waals surface area contributed by atoms with Gasteiger partial charge in [-0.3, -0.25) is 24.8 Å². The molecular weight excluding hydrogens is 446 g/mol. The number of hydrogen-bond donors (Lipinski definition) is 0. The second-order valence-corrected chi connectivity index (χ2v) is 8.04. The van der Waals surface area contributed by atoms with Crippen LogP contribution in [0.25, 0.3) is 22.2 Å². The summed E-state index contributed by atoms with van der Waals surface area (Å²) in [7, 11) is 1.85. The van der Waals surface area contributed by atoms with E-state index < -0.39 is 11.0 Å². The van der Waals surface area contributed by atoms with Gasteiger partial charge < -0.3 is 8.98 Å². The third-order valence-electron chi connectivity index (χ3n) is 5.94. The Labute approximate surface area is 200 Å². The molecule has 0 bridgehead atoms. The summed E-state index contributed by atoms with van der Waals surface area (Å²) in [5.41, 5.74) is 3.02. The van der Waals surface area contributed by atoms with Gasteiger partial charge in [-0.15, -0.1) is 0 Å². The van der Waals surface area contributed by atoms with Crippen LogP contribution in [0.4, 0.5) is 11.6 Å². The Morgan fingerprint density at radius 2 is 1.86 bits per heavy atom. The maximum Gasteiger partial charge on any atom is 0.269 e. The molecule has 0 spiro atoms. The number of pyridine rings is 1. The molecule has 174 valence electrons. The zero-order chi connectivity index (χ0) is 24.4. The predicted octanol–water partition coefficient (Wildman–Crippen LogP) is 5.08. The number of amides is 1. The highest BCUT2D eigenvalue weighted by Gasteiger charge is 2.29. The summed E-state index contributed by atoms with van der Waals surface area (Å²) in [5.74, 6) is 1.03. The lowest BCUT2D eigenvalue weighted by molar-refractivity contribution is -0.384. The highest BCUT2D eigenvalue weighted by Crippen LogP contribution is 2.34. The lowest BCUT2D eigenvalue weighted by Crippen LogP contribution is -2.31. The van der Waals surface area contributed by atoms with Crippen molar-refractivity contribution in [3.05, 3.63) is 107 Å². The monoisotopic (exact) mass is 467 g/mol. The minimum atomic E-state index is -0.514. The number of nitro groups is 1. The quantitative estimate of drug-likeness (QED) is 0.179. The van der Waals surface area contributed by atoms with Crippen molar-refractivity contribution in [3.63, 3.8) is 0 Å². The number of para-hydroxylation sites is 1. The zero-order valence-corrected chi connectivity index (χ0v) is 18.8. The van der Waals surface area contributed by atoms with Gasteiger partial charge in [0.05, 0.1) is 16.8 Å². The largest absolute Gasteiger partial charge is 0.440 e. The van der Waals surface area contributed by atoms with Gasteiger partial charge >= 0.3 is 0 Å². The van der Waals surface area contributed by atoms with Gasteiger partial charge in [0.15, 0.2) is 0 Å². The Morgan fingerprint density at radius 1 is 1.09 bits per heavy atom. The van der Waals surface area contributed by atoms with E-state index >= 15 is 0 Å². The van der Waals surface area contributed by atoms with Crippen molar-refractivity contribution < 1.29 is 14.1 Å². The van der Waals surface area contributed by atoms with E-state index in [0.717, 1.165) is 28.7 Å². The number of aromatic nitrogens is 3. The van der Waals surface area contributed by atoms with E-state index in [2.05, 4.69) is 9.97 Å². The first-order chi connectivity index (χ1) is 17.0. The fourth-order valence-electron chi connectivity index (χ4n) is 4.16. The van der Waals surface area contributed by atoms with Crippen molar-refractivity contribution in [1.82, 2.24) is 14.5 Å². The number of hydrogen-bond acceptors (Lipinski definition) is 6. The van der Waals surface area contributed by atoms with Gasteiger partial charge in [0.1, 0.15) is 17.4 Å². The molecule has 0 saturated carbocycles. The molecule has 0 radical (unpaired) electrons. The number of carbonyl (C=O) groups is 1. The molecular formula is C26H21N5O4. The highest BCUT2D eigenvalue weighted by molar-refractivity contribution is 5.85. The number of fused-ring (bicyclic) bond motifs is 1. The van der Waals surface area contributed by atoms with Gasteiger partial charge in [-0.1, -0.05) is 24.3 Å². The van der Waals surface area contributed by atoms with Crippen LogP contribution in [0.3, 0.4) is 0 Å². The molecule has 0 aliphatic rings. The van der Waals surface area contributed by atoms with Crippen LogP contribution < -0.4 is 4.90 Å². The molecule has 5 aromatic rings. The van der Waals surface area contributed by atoms with Crippen molar-refractivity contribution in [3.8, 4) is 11.3 Å². The normalized spacial score (nSPS) is 11.9. The fraction of sp³-hybridized carbons (Fsp3) is 0.115. The van der Waals surface area contributed by atoms with Gasteiger partial charge in [0.2, 0.25) is 12.3 Å². The van der Waals surface area contributed by atoms with Gasteiger partial charge in [-0.05, 0) is 30.3 Å². The molecule has 1 amide bonds. The first kappa shape index (κ1) is 22.0. The second kappa shape index (κ2) is 9.22. The Kier molecular flexibility index (Phi) is 5.80. The van der Waals surface area contributed by atoms with Crippen molar-refractivity contribution in [2.45, 2.75) is 12.5 Å². The minimum absolute atomic E-state index is 0.0150. The lowest BCUT2D eigenvalue weighted by Gasteiger charge is -2.26. The van der Waals surface area contributed by atoms with Crippen molar-refractivity contribution in [1.29, 1.82) is 0 Å². The summed E-state index contributed by atoms with van der Waals surface area (Å²) in [4.78, 5) is 33.6. The summed E-state index contributed by atoms with van der Waals surface area (Å²) in [6.07, 6.45) is 4.55. The first-order valence-electron chi connectivity index (χ1n) is 10.9. The van der Waals surface area contributed by atoms with Crippen LogP contribution in [-0.4, -0.2) is 25.9 Å².